The van der Waals surface area contributed by atoms with Crippen LogP contribution in [0.3, 0.4) is 0 Å². The fourth-order valence-electron chi connectivity index (χ4n) is 1.82. The summed E-state index contributed by atoms with van der Waals surface area (Å²) in [5.41, 5.74) is 5.83. The lowest BCUT2D eigenvalue weighted by atomic mass is 10.1. The molecule has 1 aliphatic carbocycles. The van der Waals surface area contributed by atoms with E-state index in [1.807, 2.05) is 19.0 Å². The minimum absolute atomic E-state index is 0.301. The van der Waals surface area contributed by atoms with Gasteiger partial charge in [0.1, 0.15) is 0 Å². The second-order valence-electron chi connectivity index (χ2n) is 4.10. The second-order valence-corrected chi connectivity index (χ2v) is 4.10. The molecule has 0 spiro atoms. The minimum Gasteiger partial charge on any atom is -0.344 e. The summed E-state index contributed by atoms with van der Waals surface area (Å²) in [4.78, 5) is 6.15. The molecule has 0 aromatic carbocycles. The van der Waals surface area contributed by atoms with Gasteiger partial charge in [-0.1, -0.05) is 0 Å². The number of hydrogen-bond donors (Lipinski definition) is 1. The summed E-state index contributed by atoms with van der Waals surface area (Å²) in [5.74, 6) is 1.74. The number of nitrogens with zero attached hydrogens (tertiary/aromatic N) is 3. The molecule has 5 heteroatoms. The van der Waals surface area contributed by atoms with E-state index in [-0.39, 0.29) is 0 Å². The van der Waals surface area contributed by atoms with Gasteiger partial charge in [0.2, 0.25) is 5.89 Å². The molecule has 1 fully saturated rings. The van der Waals surface area contributed by atoms with Crippen molar-refractivity contribution in [2.75, 3.05) is 19.0 Å². The molecule has 2 atom stereocenters. The zero-order valence-corrected chi connectivity index (χ0v) is 8.60. The molecule has 0 saturated heterocycles. The zero-order valence-electron chi connectivity index (χ0n) is 8.60. The molecule has 0 bridgehead atoms. The van der Waals surface area contributed by atoms with Gasteiger partial charge in [-0.25, -0.2) is 0 Å². The van der Waals surface area contributed by atoms with Crippen LogP contribution in [0.1, 0.15) is 31.1 Å². The van der Waals surface area contributed by atoms with E-state index in [2.05, 4.69) is 10.1 Å². The maximum atomic E-state index is 5.83. The van der Waals surface area contributed by atoms with Crippen molar-refractivity contribution in [3.8, 4) is 0 Å². The molecule has 5 nitrogen and oxygen atoms in total. The number of rotatable bonds is 2. The lowest BCUT2D eigenvalue weighted by Crippen LogP contribution is -2.14. The Morgan fingerprint density at radius 3 is 2.71 bits per heavy atom. The molecule has 1 aromatic rings. The fraction of sp³-hybridized carbons (Fsp3) is 0.778. The first-order chi connectivity index (χ1) is 6.66. The normalized spacial score (nSPS) is 26.8. The number of nitrogens with two attached hydrogens (primary N) is 1. The summed E-state index contributed by atoms with van der Waals surface area (Å²) in [6, 6.07) is 0.301. The van der Waals surface area contributed by atoms with Gasteiger partial charge in [-0.15, -0.1) is 0 Å². The van der Waals surface area contributed by atoms with Crippen LogP contribution in [0.5, 0.6) is 0 Å². The standard InChI is InChI=1S/C9H16N4O/c1-13(2)9-11-8(14-12-9)6-3-4-7(10)5-6/h6-7H,3-5,10H2,1-2H3. The monoisotopic (exact) mass is 196 g/mol. The van der Waals surface area contributed by atoms with Gasteiger partial charge in [-0.2, -0.15) is 4.98 Å². The highest BCUT2D eigenvalue weighted by Gasteiger charge is 2.27. The van der Waals surface area contributed by atoms with Crippen molar-refractivity contribution in [1.82, 2.24) is 10.1 Å². The van der Waals surface area contributed by atoms with Crippen LogP contribution in [0, 0.1) is 0 Å². The first-order valence-corrected chi connectivity index (χ1v) is 4.93. The summed E-state index contributed by atoms with van der Waals surface area (Å²) < 4.78 is 5.20. The van der Waals surface area contributed by atoms with Crippen LogP contribution >= 0.6 is 0 Å². The third-order valence-electron chi connectivity index (χ3n) is 2.65. The molecule has 0 amide bonds. The van der Waals surface area contributed by atoms with E-state index >= 15 is 0 Å². The number of anilines is 1. The van der Waals surface area contributed by atoms with E-state index < -0.39 is 0 Å². The van der Waals surface area contributed by atoms with E-state index in [4.69, 9.17) is 10.3 Å². The van der Waals surface area contributed by atoms with Crippen LogP contribution in [0.25, 0.3) is 0 Å². The molecule has 2 unspecified atom stereocenters. The van der Waals surface area contributed by atoms with Gasteiger partial charge in [-0.05, 0) is 24.4 Å². The Morgan fingerprint density at radius 1 is 1.43 bits per heavy atom. The Bertz CT molecular complexity index is 310. The van der Waals surface area contributed by atoms with Gasteiger partial charge in [0.15, 0.2) is 0 Å². The van der Waals surface area contributed by atoms with Gasteiger partial charge < -0.3 is 15.2 Å². The van der Waals surface area contributed by atoms with Gasteiger partial charge in [0.05, 0.1) is 0 Å². The third kappa shape index (κ3) is 1.72. The zero-order chi connectivity index (χ0) is 10.1. The van der Waals surface area contributed by atoms with Crippen molar-refractivity contribution in [2.45, 2.75) is 31.2 Å². The number of hydrogen-bond acceptors (Lipinski definition) is 5. The van der Waals surface area contributed by atoms with Crippen LogP contribution in [0.4, 0.5) is 5.95 Å². The quantitative estimate of drug-likeness (QED) is 0.755. The van der Waals surface area contributed by atoms with Crippen molar-refractivity contribution >= 4 is 5.95 Å². The highest BCUT2D eigenvalue weighted by molar-refractivity contribution is 5.24. The maximum Gasteiger partial charge on any atom is 0.265 e. The molecule has 0 aliphatic heterocycles. The summed E-state index contributed by atoms with van der Waals surface area (Å²) in [6.45, 7) is 0. The Kier molecular flexibility index (Phi) is 2.41. The van der Waals surface area contributed by atoms with Gasteiger partial charge in [0.25, 0.3) is 5.95 Å². The molecule has 1 aliphatic rings. The first-order valence-electron chi connectivity index (χ1n) is 4.93. The van der Waals surface area contributed by atoms with Gasteiger partial charge in [-0.3, -0.25) is 0 Å². The van der Waals surface area contributed by atoms with Gasteiger partial charge in [0, 0.05) is 26.1 Å². The molecule has 1 aromatic heterocycles. The van der Waals surface area contributed by atoms with E-state index in [9.17, 15) is 0 Å². The minimum atomic E-state index is 0.301. The lowest BCUT2D eigenvalue weighted by Gasteiger charge is -2.04. The van der Waals surface area contributed by atoms with E-state index in [0.717, 1.165) is 25.2 Å². The summed E-state index contributed by atoms with van der Waals surface area (Å²) >= 11 is 0. The predicted molar refractivity (Wildman–Crippen MR) is 53.2 cm³/mol. The Labute approximate surface area is 83.3 Å². The molecule has 1 heterocycles. The molecule has 2 rings (SSSR count). The molecule has 0 radical (unpaired) electrons. The molecule has 14 heavy (non-hydrogen) atoms. The second kappa shape index (κ2) is 3.57. The molecule has 1 saturated carbocycles. The largest absolute Gasteiger partial charge is 0.344 e. The van der Waals surface area contributed by atoms with Crippen LogP contribution in [-0.4, -0.2) is 30.3 Å². The summed E-state index contributed by atoms with van der Waals surface area (Å²) in [5, 5.41) is 3.88. The van der Waals surface area contributed by atoms with Crippen LogP contribution in [-0.2, 0) is 0 Å². The Hall–Kier alpha value is -1.10. The summed E-state index contributed by atoms with van der Waals surface area (Å²) in [6.07, 6.45) is 3.09. The molecule has 78 valence electrons. The van der Waals surface area contributed by atoms with Crippen LogP contribution in [0.2, 0.25) is 0 Å². The predicted octanol–water partition coefficient (Wildman–Crippen LogP) is 0.730. The highest BCUT2D eigenvalue weighted by atomic mass is 16.5. The fourth-order valence-corrected chi connectivity index (χ4v) is 1.82. The Balaban J connectivity index is 2.09. The average Bonchev–Trinajstić information content (AvgIpc) is 2.70. The van der Waals surface area contributed by atoms with Crippen molar-refractivity contribution in [3.05, 3.63) is 5.89 Å². The highest BCUT2D eigenvalue weighted by Crippen LogP contribution is 2.32. The van der Waals surface area contributed by atoms with Crippen molar-refractivity contribution in [2.24, 2.45) is 5.73 Å². The van der Waals surface area contributed by atoms with Crippen molar-refractivity contribution in [1.29, 1.82) is 0 Å². The van der Waals surface area contributed by atoms with E-state index in [1.54, 1.807) is 0 Å². The molecular formula is C9H16N4O. The SMILES string of the molecule is CN(C)c1noc(C2CCC(N)C2)n1. The molecule has 2 N–H and O–H groups in total. The Morgan fingerprint density at radius 2 is 2.21 bits per heavy atom. The lowest BCUT2D eigenvalue weighted by molar-refractivity contribution is 0.353. The van der Waals surface area contributed by atoms with E-state index in [0.29, 0.717) is 17.9 Å². The maximum absolute atomic E-state index is 5.83. The average molecular weight is 196 g/mol. The van der Waals surface area contributed by atoms with Crippen molar-refractivity contribution < 1.29 is 4.52 Å². The first kappa shape index (κ1) is 9.45. The van der Waals surface area contributed by atoms with Crippen molar-refractivity contribution in [3.63, 3.8) is 0 Å². The number of aromatic nitrogens is 2. The van der Waals surface area contributed by atoms with Crippen LogP contribution < -0.4 is 10.6 Å². The third-order valence-corrected chi connectivity index (χ3v) is 2.65. The smallest absolute Gasteiger partial charge is 0.265 e. The summed E-state index contributed by atoms with van der Waals surface area (Å²) in [7, 11) is 3.80. The van der Waals surface area contributed by atoms with Gasteiger partial charge >= 0.3 is 0 Å². The molecular weight excluding hydrogens is 180 g/mol. The van der Waals surface area contributed by atoms with E-state index in [1.165, 1.54) is 0 Å². The topological polar surface area (TPSA) is 68.2 Å². The van der Waals surface area contributed by atoms with Crippen LogP contribution in [0.15, 0.2) is 4.52 Å².